The smallest absolute Gasteiger partial charge is 0.271 e. The molecule has 1 unspecified atom stereocenters. The molecule has 0 bridgehead atoms. The summed E-state index contributed by atoms with van der Waals surface area (Å²) >= 11 is 0. The van der Waals surface area contributed by atoms with E-state index in [2.05, 4.69) is 5.32 Å². The Hall–Kier alpha value is -3.62. The van der Waals surface area contributed by atoms with Crippen LogP contribution in [0.15, 0.2) is 42.5 Å². The summed E-state index contributed by atoms with van der Waals surface area (Å²) in [5.74, 6) is -0.0951. The molecule has 1 aliphatic heterocycles. The molecule has 0 spiro atoms. The molecule has 1 aliphatic rings. The number of non-ortho nitro benzene ring substituents is 1. The summed E-state index contributed by atoms with van der Waals surface area (Å²) in [5, 5.41) is 13.5. The Balaban J connectivity index is 1.83. The van der Waals surface area contributed by atoms with E-state index in [4.69, 9.17) is 9.47 Å². The minimum absolute atomic E-state index is 0.152. The van der Waals surface area contributed by atoms with E-state index in [9.17, 15) is 19.7 Å². The first-order valence-corrected chi connectivity index (χ1v) is 8.10. The highest BCUT2D eigenvalue weighted by atomic mass is 16.6. The van der Waals surface area contributed by atoms with E-state index in [1.807, 2.05) is 0 Å². The summed E-state index contributed by atoms with van der Waals surface area (Å²) in [6, 6.07) is 10.8. The summed E-state index contributed by atoms with van der Waals surface area (Å²) in [5.41, 5.74) is 0.452. The van der Waals surface area contributed by atoms with E-state index in [0.717, 1.165) is 0 Å². The maximum Gasteiger partial charge on any atom is 0.271 e. The molecule has 3 rings (SSSR count). The third kappa shape index (κ3) is 3.66. The van der Waals surface area contributed by atoms with Gasteiger partial charge in [-0.2, -0.15) is 0 Å². The molecule has 0 aliphatic carbocycles. The lowest BCUT2D eigenvalue weighted by Crippen LogP contribution is -2.47. The van der Waals surface area contributed by atoms with Crippen molar-refractivity contribution in [2.24, 2.45) is 0 Å². The number of carbonyl (C=O) groups excluding carboxylic acids is 2. The average molecular weight is 371 g/mol. The minimum Gasteiger partial charge on any atom is -0.495 e. The Morgan fingerprint density at radius 1 is 1.33 bits per heavy atom. The van der Waals surface area contributed by atoms with Crippen LogP contribution in [0.2, 0.25) is 0 Å². The first-order valence-electron chi connectivity index (χ1n) is 8.10. The van der Waals surface area contributed by atoms with E-state index in [1.165, 1.54) is 30.2 Å². The highest BCUT2D eigenvalue weighted by molar-refractivity contribution is 6.06. The van der Waals surface area contributed by atoms with Crippen LogP contribution in [-0.2, 0) is 9.59 Å². The Kier molecular flexibility index (Phi) is 4.93. The quantitative estimate of drug-likeness (QED) is 0.638. The lowest BCUT2D eigenvalue weighted by atomic mass is 10.2. The predicted molar refractivity (Wildman–Crippen MR) is 97.2 cm³/mol. The zero-order valence-corrected chi connectivity index (χ0v) is 14.7. The molecule has 9 nitrogen and oxygen atoms in total. The number of hydrogen-bond donors (Lipinski definition) is 1. The van der Waals surface area contributed by atoms with Gasteiger partial charge >= 0.3 is 0 Å². The normalized spacial score (nSPS) is 15.6. The number of nitro benzene ring substituents is 1. The van der Waals surface area contributed by atoms with Crippen molar-refractivity contribution >= 4 is 28.9 Å². The van der Waals surface area contributed by atoms with Crippen LogP contribution in [0.25, 0.3) is 0 Å². The van der Waals surface area contributed by atoms with Crippen LogP contribution in [0.5, 0.6) is 11.5 Å². The van der Waals surface area contributed by atoms with Crippen LogP contribution < -0.4 is 19.7 Å². The van der Waals surface area contributed by atoms with E-state index in [1.54, 1.807) is 31.2 Å². The number of carbonyl (C=O) groups is 2. The van der Waals surface area contributed by atoms with Gasteiger partial charge in [-0.25, -0.2) is 0 Å². The van der Waals surface area contributed by atoms with E-state index in [-0.39, 0.29) is 29.6 Å². The van der Waals surface area contributed by atoms with Crippen LogP contribution in [0.3, 0.4) is 0 Å². The lowest BCUT2D eigenvalue weighted by molar-refractivity contribution is -0.384. The molecule has 1 atom stereocenters. The molecule has 2 aromatic carbocycles. The molecule has 2 amide bonds. The second kappa shape index (κ2) is 7.32. The Labute approximate surface area is 154 Å². The van der Waals surface area contributed by atoms with Crippen molar-refractivity contribution in [2.75, 3.05) is 23.9 Å². The standard InChI is InChI=1S/C18H17N3O6/c1-11-18(23)20(14-5-3-4-6-16(14)27-11)10-17(22)19-13-9-12(21(24)25)7-8-15(13)26-2/h3-9,11H,10H2,1-2H3,(H,19,22). The van der Waals surface area contributed by atoms with Crippen molar-refractivity contribution in [3.05, 3.63) is 52.6 Å². The van der Waals surface area contributed by atoms with Crippen LogP contribution >= 0.6 is 0 Å². The average Bonchev–Trinajstić information content (AvgIpc) is 2.65. The zero-order valence-electron chi connectivity index (χ0n) is 14.7. The number of anilines is 2. The number of nitro groups is 1. The summed E-state index contributed by atoms with van der Waals surface area (Å²) in [6.07, 6.45) is -0.722. The molecule has 9 heteroatoms. The maximum atomic E-state index is 12.5. The van der Waals surface area contributed by atoms with Gasteiger partial charge in [0, 0.05) is 12.1 Å². The third-order valence-electron chi connectivity index (χ3n) is 4.04. The van der Waals surface area contributed by atoms with Gasteiger partial charge in [-0.15, -0.1) is 0 Å². The first-order chi connectivity index (χ1) is 12.9. The van der Waals surface area contributed by atoms with Crippen LogP contribution in [-0.4, -0.2) is 36.5 Å². The Morgan fingerprint density at radius 2 is 2.07 bits per heavy atom. The monoisotopic (exact) mass is 371 g/mol. The number of amides is 2. The first kappa shape index (κ1) is 18.2. The Bertz CT molecular complexity index is 914. The fourth-order valence-electron chi connectivity index (χ4n) is 2.76. The zero-order chi connectivity index (χ0) is 19.6. The number of fused-ring (bicyclic) bond motifs is 1. The highest BCUT2D eigenvalue weighted by Crippen LogP contribution is 2.34. The second-order valence-electron chi connectivity index (χ2n) is 5.84. The minimum atomic E-state index is -0.722. The molecule has 0 fully saturated rings. The summed E-state index contributed by atoms with van der Waals surface area (Å²) in [4.78, 5) is 36.7. The number of nitrogens with one attached hydrogen (secondary N) is 1. The van der Waals surface area contributed by atoms with Crippen molar-refractivity contribution in [1.82, 2.24) is 0 Å². The second-order valence-corrected chi connectivity index (χ2v) is 5.84. The van der Waals surface area contributed by atoms with Gasteiger partial charge in [-0.3, -0.25) is 24.6 Å². The topological polar surface area (TPSA) is 111 Å². The van der Waals surface area contributed by atoms with Crippen LogP contribution in [0.1, 0.15) is 6.92 Å². The predicted octanol–water partition coefficient (Wildman–Crippen LogP) is 2.36. The van der Waals surface area contributed by atoms with Gasteiger partial charge in [-0.1, -0.05) is 12.1 Å². The largest absolute Gasteiger partial charge is 0.495 e. The van der Waals surface area contributed by atoms with E-state index >= 15 is 0 Å². The van der Waals surface area contributed by atoms with Crippen molar-refractivity contribution in [3.8, 4) is 11.5 Å². The summed E-state index contributed by atoms with van der Waals surface area (Å²) < 4.78 is 10.7. The number of para-hydroxylation sites is 2. The van der Waals surface area contributed by atoms with Crippen molar-refractivity contribution in [1.29, 1.82) is 0 Å². The van der Waals surface area contributed by atoms with Crippen molar-refractivity contribution in [2.45, 2.75) is 13.0 Å². The molecular formula is C18H17N3O6. The number of nitrogens with zero attached hydrogens (tertiary/aromatic N) is 2. The molecule has 0 radical (unpaired) electrons. The molecule has 140 valence electrons. The van der Waals surface area contributed by atoms with E-state index < -0.39 is 16.9 Å². The number of benzene rings is 2. The number of methoxy groups -OCH3 is 1. The molecule has 2 aromatic rings. The lowest BCUT2D eigenvalue weighted by Gasteiger charge is -2.32. The van der Waals surface area contributed by atoms with Crippen LogP contribution in [0, 0.1) is 10.1 Å². The molecular weight excluding hydrogens is 354 g/mol. The number of hydrogen-bond acceptors (Lipinski definition) is 6. The molecule has 27 heavy (non-hydrogen) atoms. The molecule has 0 saturated carbocycles. The van der Waals surface area contributed by atoms with Gasteiger partial charge in [0.1, 0.15) is 18.0 Å². The summed E-state index contributed by atoms with van der Waals surface area (Å²) in [6.45, 7) is 1.34. The maximum absolute atomic E-state index is 12.5. The fraction of sp³-hybridized carbons (Fsp3) is 0.222. The molecule has 0 saturated heterocycles. The van der Waals surface area contributed by atoms with Crippen molar-refractivity contribution in [3.63, 3.8) is 0 Å². The van der Waals surface area contributed by atoms with E-state index in [0.29, 0.717) is 11.4 Å². The van der Waals surface area contributed by atoms with Gasteiger partial charge in [0.05, 0.1) is 23.4 Å². The highest BCUT2D eigenvalue weighted by Gasteiger charge is 2.32. The molecule has 1 N–H and O–H groups in total. The third-order valence-corrected chi connectivity index (χ3v) is 4.04. The van der Waals surface area contributed by atoms with Gasteiger partial charge in [0.2, 0.25) is 5.91 Å². The van der Waals surface area contributed by atoms with Crippen LogP contribution in [0.4, 0.5) is 17.1 Å². The number of ether oxygens (including phenoxy) is 2. The van der Waals surface area contributed by atoms with Gasteiger partial charge in [0.15, 0.2) is 6.10 Å². The van der Waals surface area contributed by atoms with Gasteiger partial charge in [0.25, 0.3) is 11.6 Å². The SMILES string of the molecule is COc1ccc([N+](=O)[O-])cc1NC(=O)CN1C(=O)C(C)Oc2ccccc21. The Morgan fingerprint density at radius 3 is 2.78 bits per heavy atom. The number of rotatable bonds is 5. The molecule has 1 heterocycles. The summed E-state index contributed by atoms with van der Waals surface area (Å²) in [7, 11) is 1.39. The van der Waals surface area contributed by atoms with Crippen molar-refractivity contribution < 1.29 is 24.0 Å². The molecule has 0 aromatic heterocycles. The van der Waals surface area contributed by atoms with Gasteiger partial charge < -0.3 is 14.8 Å². The van der Waals surface area contributed by atoms with Gasteiger partial charge in [-0.05, 0) is 25.1 Å². The fourth-order valence-corrected chi connectivity index (χ4v) is 2.76.